The molecule has 1 rings (SSSR count). The maximum absolute atomic E-state index is 12.9. The predicted octanol–water partition coefficient (Wildman–Crippen LogP) is 1.65. The quantitative estimate of drug-likeness (QED) is 0.820. The minimum absolute atomic E-state index is 0.123. The van der Waals surface area contributed by atoms with E-state index in [9.17, 15) is 14.3 Å². The topological polar surface area (TPSA) is 49.3 Å². The maximum atomic E-state index is 12.9. The van der Waals surface area contributed by atoms with Crippen molar-refractivity contribution in [2.75, 3.05) is 6.54 Å². The Morgan fingerprint density at radius 1 is 1.53 bits per heavy atom. The van der Waals surface area contributed by atoms with E-state index in [0.717, 1.165) is 0 Å². The van der Waals surface area contributed by atoms with Gasteiger partial charge in [0, 0.05) is 6.54 Å². The van der Waals surface area contributed by atoms with E-state index in [1.54, 1.807) is 19.1 Å². The van der Waals surface area contributed by atoms with Crippen LogP contribution < -0.4 is 5.32 Å². The van der Waals surface area contributed by atoms with Crippen LogP contribution in [0.5, 0.6) is 0 Å². The Labute approximate surface area is 101 Å². The summed E-state index contributed by atoms with van der Waals surface area (Å²) in [5.74, 6) is -0.569. The number of carbonyl (C=O) groups excluding carboxylic acids is 1. The van der Waals surface area contributed by atoms with Crippen LogP contribution in [0.2, 0.25) is 0 Å². The van der Waals surface area contributed by atoms with Crippen molar-refractivity contribution in [1.29, 1.82) is 0 Å². The van der Waals surface area contributed by atoms with Gasteiger partial charge in [0.2, 0.25) is 5.91 Å². The SMILES string of the molecule is CCC(C)(O)CNC(=O)Cc1cccc(F)c1. The molecule has 0 aliphatic rings. The van der Waals surface area contributed by atoms with E-state index in [0.29, 0.717) is 12.0 Å². The van der Waals surface area contributed by atoms with E-state index in [4.69, 9.17) is 0 Å². The lowest BCUT2D eigenvalue weighted by Gasteiger charge is -2.21. The molecule has 2 N–H and O–H groups in total. The normalized spacial score (nSPS) is 14.1. The number of amides is 1. The van der Waals surface area contributed by atoms with Crippen LogP contribution in [-0.4, -0.2) is 23.2 Å². The number of hydrogen-bond acceptors (Lipinski definition) is 2. The van der Waals surface area contributed by atoms with Gasteiger partial charge in [0.1, 0.15) is 5.82 Å². The highest BCUT2D eigenvalue weighted by Gasteiger charge is 2.18. The summed E-state index contributed by atoms with van der Waals surface area (Å²) in [7, 11) is 0. The highest BCUT2D eigenvalue weighted by molar-refractivity contribution is 5.78. The van der Waals surface area contributed by atoms with Crippen LogP contribution in [0.3, 0.4) is 0 Å². The fraction of sp³-hybridized carbons (Fsp3) is 0.462. The molecule has 1 amide bonds. The minimum Gasteiger partial charge on any atom is -0.388 e. The first kappa shape index (κ1) is 13.6. The van der Waals surface area contributed by atoms with E-state index in [1.807, 2.05) is 6.92 Å². The Morgan fingerprint density at radius 3 is 2.82 bits per heavy atom. The molecular weight excluding hydrogens is 221 g/mol. The summed E-state index contributed by atoms with van der Waals surface area (Å²) in [6, 6.07) is 5.93. The molecule has 4 heteroatoms. The van der Waals surface area contributed by atoms with E-state index in [2.05, 4.69) is 5.32 Å². The molecule has 94 valence electrons. The first-order valence-corrected chi connectivity index (χ1v) is 5.66. The third-order valence-electron chi connectivity index (χ3n) is 2.68. The van der Waals surface area contributed by atoms with E-state index in [1.165, 1.54) is 12.1 Å². The highest BCUT2D eigenvalue weighted by Crippen LogP contribution is 2.07. The molecule has 0 spiro atoms. The Hall–Kier alpha value is -1.42. The molecule has 0 saturated carbocycles. The second kappa shape index (κ2) is 5.77. The monoisotopic (exact) mass is 239 g/mol. The Kier molecular flexibility index (Phi) is 4.63. The van der Waals surface area contributed by atoms with Crippen molar-refractivity contribution in [3.8, 4) is 0 Å². The summed E-state index contributed by atoms with van der Waals surface area (Å²) in [5, 5.41) is 12.3. The van der Waals surface area contributed by atoms with Crippen molar-refractivity contribution in [1.82, 2.24) is 5.32 Å². The van der Waals surface area contributed by atoms with Gasteiger partial charge in [-0.15, -0.1) is 0 Å². The highest BCUT2D eigenvalue weighted by atomic mass is 19.1. The molecule has 0 aliphatic heterocycles. The summed E-state index contributed by atoms with van der Waals surface area (Å²) < 4.78 is 12.9. The lowest BCUT2D eigenvalue weighted by atomic mass is 10.0. The van der Waals surface area contributed by atoms with Crippen molar-refractivity contribution in [3.63, 3.8) is 0 Å². The second-order valence-electron chi connectivity index (χ2n) is 4.43. The van der Waals surface area contributed by atoms with Crippen molar-refractivity contribution >= 4 is 5.91 Å². The molecule has 0 heterocycles. The number of halogens is 1. The molecule has 1 atom stereocenters. The number of rotatable bonds is 5. The molecular formula is C13H18FNO2. The summed E-state index contributed by atoms with van der Waals surface area (Å²) in [5.41, 5.74) is -0.268. The van der Waals surface area contributed by atoms with Crippen molar-refractivity contribution in [2.45, 2.75) is 32.3 Å². The minimum atomic E-state index is -0.891. The Morgan fingerprint density at radius 2 is 2.24 bits per heavy atom. The summed E-state index contributed by atoms with van der Waals surface area (Å²) in [6.07, 6.45) is 0.685. The number of hydrogen-bond donors (Lipinski definition) is 2. The molecule has 0 radical (unpaired) electrons. The van der Waals surface area contributed by atoms with Gasteiger partial charge in [-0.2, -0.15) is 0 Å². The molecule has 1 unspecified atom stereocenters. The van der Waals surface area contributed by atoms with Crippen LogP contribution in [0.15, 0.2) is 24.3 Å². The average Bonchev–Trinajstić information content (AvgIpc) is 2.27. The molecule has 0 aromatic heterocycles. The smallest absolute Gasteiger partial charge is 0.224 e. The summed E-state index contributed by atoms with van der Waals surface area (Å²) in [4.78, 5) is 11.5. The third-order valence-corrected chi connectivity index (χ3v) is 2.68. The molecule has 3 nitrogen and oxygen atoms in total. The molecule has 17 heavy (non-hydrogen) atoms. The zero-order chi connectivity index (χ0) is 12.9. The predicted molar refractivity (Wildman–Crippen MR) is 64.0 cm³/mol. The first-order chi connectivity index (χ1) is 7.93. The number of benzene rings is 1. The Bertz CT molecular complexity index is 391. The molecule has 1 aromatic carbocycles. The lowest BCUT2D eigenvalue weighted by molar-refractivity contribution is -0.121. The first-order valence-electron chi connectivity index (χ1n) is 5.66. The summed E-state index contributed by atoms with van der Waals surface area (Å²) in [6.45, 7) is 3.71. The fourth-order valence-corrected chi connectivity index (χ4v) is 1.31. The number of carbonyl (C=O) groups is 1. The molecule has 1 aromatic rings. The zero-order valence-corrected chi connectivity index (χ0v) is 10.2. The van der Waals surface area contributed by atoms with E-state index >= 15 is 0 Å². The number of nitrogens with one attached hydrogen (secondary N) is 1. The van der Waals surface area contributed by atoms with Crippen molar-refractivity contribution < 1.29 is 14.3 Å². The molecule has 0 bridgehead atoms. The maximum Gasteiger partial charge on any atom is 0.224 e. The van der Waals surface area contributed by atoms with E-state index < -0.39 is 5.60 Å². The van der Waals surface area contributed by atoms with Crippen LogP contribution in [-0.2, 0) is 11.2 Å². The van der Waals surface area contributed by atoms with Gasteiger partial charge < -0.3 is 10.4 Å². The third kappa shape index (κ3) is 4.95. The fourth-order valence-electron chi connectivity index (χ4n) is 1.31. The molecule has 0 fully saturated rings. The van der Waals surface area contributed by atoms with Gasteiger partial charge in [-0.3, -0.25) is 4.79 Å². The second-order valence-corrected chi connectivity index (χ2v) is 4.43. The Balaban J connectivity index is 2.45. The van der Waals surface area contributed by atoms with E-state index in [-0.39, 0.29) is 24.7 Å². The van der Waals surface area contributed by atoms with Crippen LogP contribution in [0, 0.1) is 5.82 Å². The van der Waals surface area contributed by atoms with Gasteiger partial charge in [-0.05, 0) is 31.0 Å². The van der Waals surface area contributed by atoms with Gasteiger partial charge in [0.15, 0.2) is 0 Å². The van der Waals surface area contributed by atoms with Crippen molar-refractivity contribution in [3.05, 3.63) is 35.6 Å². The molecule has 0 saturated heterocycles. The van der Waals surface area contributed by atoms with Gasteiger partial charge in [-0.1, -0.05) is 19.1 Å². The van der Waals surface area contributed by atoms with Crippen LogP contribution in [0.25, 0.3) is 0 Å². The zero-order valence-electron chi connectivity index (χ0n) is 10.2. The van der Waals surface area contributed by atoms with Crippen LogP contribution in [0.4, 0.5) is 4.39 Å². The summed E-state index contributed by atoms with van der Waals surface area (Å²) >= 11 is 0. The van der Waals surface area contributed by atoms with Gasteiger partial charge in [-0.25, -0.2) is 4.39 Å². The van der Waals surface area contributed by atoms with Crippen molar-refractivity contribution in [2.24, 2.45) is 0 Å². The van der Waals surface area contributed by atoms with Gasteiger partial charge in [0.05, 0.1) is 12.0 Å². The number of aliphatic hydroxyl groups is 1. The van der Waals surface area contributed by atoms with Gasteiger partial charge >= 0.3 is 0 Å². The average molecular weight is 239 g/mol. The molecule has 0 aliphatic carbocycles. The van der Waals surface area contributed by atoms with Crippen LogP contribution >= 0.6 is 0 Å². The standard InChI is InChI=1S/C13H18FNO2/c1-3-13(2,17)9-15-12(16)8-10-5-4-6-11(14)7-10/h4-7,17H,3,8-9H2,1-2H3,(H,15,16). The van der Waals surface area contributed by atoms with Gasteiger partial charge in [0.25, 0.3) is 0 Å². The largest absolute Gasteiger partial charge is 0.388 e. The lowest BCUT2D eigenvalue weighted by Crippen LogP contribution is -2.40. The van der Waals surface area contributed by atoms with Crippen LogP contribution in [0.1, 0.15) is 25.8 Å².